The highest BCUT2D eigenvalue weighted by Crippen LogP contribution is 2.20. The summed E-state index contributed by atoms with van der Waals surface area (Å²) in [7, 11) is -3.43. The second-order valence-electron chi connectivity index (χ2n) is 4.39. The number of nitrogens with zero attached hydrogens (tertiary/aromatic N) is 2. The molecular formula is C12H15N3O2S. The van der Waals surface area contributed by atoms with Crippen LogP contribution in [0.2, 0.25) is 0 Å². The van der Waals surface area contributed by atoms with Crippen LogP contribution in [0.3, 0.4) is 0 Å². The lowest BCUT2D eigenvalue weighted by molar-refractivity contribution is 0.472. The molecule has 0 bridgehead atoms. The van der Waals surface area contributed by atoms with Crippen molar-refractivity contribution in [3.05, 3.63) is 29.8 Å². The van der Waals surface area contributed by atoms with E-state index in [1.165, 1.54) is 4.31 Å². The molecule has 0 radical (unpaired) electrons. The van der Waals surface area contributed by atoms with E-state index in [-0.39, 0.29) is 17.4 Å². The Bertz CT molecular complexity index is 560. The Labute approximate surface area is 107 Å². The van der Waals surface area contributed by atoms with Gasteiger partial charge in [0.1, 0.15) is 0 Å². The van der Waals surface area contributed by atoms with Crippen molar-refractivity contribution >= 4 is 10.0 Å². The normalized spacial score (nSPS) is 20.8. The van der Waals surface area contributed by atoms with E-state index in [0.717, 1.165) is 5.56 Å². The van der Waals surface area contributed by atoms with Crippen molar-refractivity contribution in [3.8, 4) is 6.07 Å². The van der Waals surface area contributed by atoms with Gasteiger partial charge in [0.05, 0.1) is 17.4 Å². The van der Waals surface area contributed by atoms with Gasteiger partial charge in [0.2, 0.25) is 10.0 Å². The predicted molar refractivity (Wildman–Crippen MR) is 67.1 cm³/mol. The van der Waals surface area contributed by atoms with Crippen LogP contribution in [0.25, 0.3) is 0 Å². The summed E-state index contributed by atoms with van der Waals surface area (Å²) in [6.45, 7) is 0.853. The second-order valence-corrected chi connectivity index (χ2v) is 6.33. The molecule has 1 unspecified atom stereocenters. The summed E-state index contributed by atoms with van der Waals surface area (Å²) in [6, 6.07) is 8.40. The monoisotopic (exact) mass is 265 g/mol. The van der Waals surface area contributed by atoms with Crippen molar-refractivity contribution in [3.63, 3.8) is 0 Å². The molecule has 5 nitrogen and oxygen atoms in total. The Kier molecular flexibility index (Phi) is 3.66. The van der Waals surface area contributed by atoms with Gasteiger partial charge in [-0.05, 0) is 24.1 Å². The minimum absolute atomic E-state index is 0.0716. The van der Waals surface area contributed by atoms with Crippen LogP contribution in [0.4, 0.5) is 0 Å². The Balaban J connectivity index is 2.22. The molecule has 2 N–H and O–H groups in total. The number of sulfonamides is 1. The van der Waals surface area contributed by atoms with Crippen molar-refractivity contribution < 1.29 is 8.42 Å². The van der Waals surface area contributed by atoms with Gasteiger partial charge in [0.25, 0.3) is 0 Å². The maximum absolute atomic E-state index is 12.3. The third kappa shape index (κ3) is 2.53. The first-order valence-electron chi connectivity index (χ1n) is 5.75. The molecule has 1 atom stereocenters. The fraction of sp³-hybridized carbons (Fsp3) is 0.417. The van der Waals surface area contributed by atoms with Crippen LogP contribution in [0.5, 0.6) is 0 Å². The zero-order valence-corrected chi connectivity index (χ0v) is 10.7. The summed E-state index contributed by atoms with van der Waals surface area (Å²) in [6.07, 6.45) is 0.987. The molecule has 2 rings (SSSR count). The molecule has 1 aliphatic rings. The largest absolute Gasteiger partial charge is 0.326 e. The van der Waals surface area contributed by atoms with Crippen molar-refractivity contribution in [2.75, 3.05) is 13.1 Å². The molecule has 1 heterocycles. The van der Waals surface area contributed by atoms with Crippen LogP contribution >= 0.6 is 0 Å². The Hall–Kier alpha value is -1.42. The molecule has 96 valence electrons. The van der Waals surface area contributed by atoms with Crippen LogP contribution in [0.1, 0.15) is 12.0 Å². The van der Waals surface area contributed by atoms with E-state index in [2.05, 4.69) is 0 Å². The smallest absolute Gasteiger partial charge is 0.243 e. The van der Waals surface area contributed by atoms with Crippen molar-refractivity contribution in [1.29, 1.82) is 5.26 Å². The summed E-state index contributed by atoms with van der Waals surface area (Å²) < 4.78 is 25.9. The van der Waals surface area contributed by atoms with E-state index in [9.17, 15) is 8.42 Å². The van der Waals surface area contributed by atoms with E-state index < -0.39 is 10.0 Å². The zero-order chi connectivity index (χ0) is 13.2. The van der Waals surface area contributed by atoms with Gasteiger partial charge in [-0.25, -0.2) is 8.42 Å². The first-order chi connectivity index (χ1) is 8.54. The topological polar surface area (TPSA) is 87.2 Å². The fourth-order valence-electron chi connectivity index (χ4n) is 1.99. The number of rotatable bonds is 3. The lowest BCUT2D eigenvalue weighted by Crippen LogP contribution is -2.31. The van der Waals surface area contributed by atoms with Crippen LogP contribution < -0.4 is 5.73 Å². The Morgan fingerprint density at radius 1 is 1.39 bits per heavy atom. The highest BCUT2D eigenvalue weighted by Gasteiger charge is 2.30. The highest BCUT2D eigenvalue weighted by atomic mass is 32.2. The van der Waals surface area contributed by atoms with Gasteiger partial charge in [0, 0.05) is 19.1 Å². The van der Waals surface area contributed by atoms with Gasteiger partial charge in [-0.1, -0.05) is 12.1 Å². The van der Waals surface area contributed by atoms with E-state index >= 15 is 0 Å². The number of nitriles is 1. The SMILES string of the molecule is N#CCc1ccc(S(=O)(=O)N2CCC(N)C2)cc1. The van der Waals surface area contributed by atoms with Crippen molar-refractivity contribution in [2.24, 2.45) is 5.73 Å². The van der Waals surface area contributed by atoms with Crippen molar-refractivity contribution in [1.82, 2.24) is 4.31 Å². The third-order valence-corrected chi connectivity index (χ3v) is 4.91. The molecule has 0 saturated carbocycles. The number of hydrogen-bond donors (Lipinski definition) is 1. The maximum atomic E-state index is 12.3. The molecule has 0 spiro atoms. The Morgan fingerprint density at radius 3 is 2.56 bits per heavy atom. The summed E-state index contributed by atoms with van der Waals surface area (Å²) in [4.78, 5) is 0.262. The molecule has 0 amide bonds. The number of benzene rings is 1. The minimum atomic E-state index is -3.43. The average molecular weight is 265 g/mol. The van der Waals surface area contributed by atoms with Crippen LogP contribution in [0.15, 0.2) is 29.2 Å². The van der Waals surface area contributed by atoms with E-state index in [1.807, 2.05) is 6.07 Å². The summed E-state index contributed by atoms with van der Waals surface area (Å²) in [5, 5.41) is 8.56. The molecule has 1 aromatic carbocycles. The molecule has 1 fully saturated rings. The van der Waals surface area contributed by atoms with Gasteiger partial charge in [-0.2, -0.15) is 9.57 Å². The van der Waals surface area contributed by atoms with E-state index in [0.29, 0.717) is 19.5 Å². The summed E-state index contributed by atoms with van der Waals surface area (Å²) in [5.41, 5.74) is 6.54. The summed E-state index contributed by atoms with van der Waals surface area (Å²) in [5.74, 6) is 0. The highest BCUT2D eigenvalue weighted by molar-refractivity contribution is 7.89. The maximum Gasteiger partial charge on any atom is 0.243 e. The van der Waals surface area contributed by atoms with Gasteiger partial charge in [-0.3, -0.25) is 0 Å². The van der Waals surface area contributed by atoms with Gasteiger partial charge >= 0.3 is 0 Å². The van der Waals surface area contributed by atoms with Gasteiger partial charge in [-0.15, -0.1) is 0 Å². The number of nitrogens with two attached hydrogens (primary N) is 1. The summed E-state index contributed by atoms with van der Waals surface area (Å²) >= 11 is 0. The minimum Gasteiger partial charge on any atom is -0.326 e. The predicted octanol–water partition coefficient (Wildman–Crippen LogP) is 0.474. The molecule has 6 heteroatoms. The first-order valence-corrected chi connectivity index (χ1v) is 7.19. The molecule has 1 aliphatic heterocycles. The lowest BCUT2D eigenvalue weighted by Gasteiger charge is -2.15. The standard InChI is InChI=1S/C12H15N3O2S/c13-7-5-10-1-3-12(4-2-10)18(16,17)15-8-6-11(14)9-15/h1-4,11H,5-6,8-9,14H2. The lowest BCUT2D eigenvalue weighted by atomic mass is 10.2. The molecule has 1 saturated heterocycles. The Morgan fingerprint density at radius 2 is 2.06 bits per heavy atom. The van der Waals surface area contributed by atoms with E-state index in [4.69, 9.17) is 11.0 Å². The zero-order valence-electron chi connectivity index (χ0n) is 9.91. The number of hydrogen-bond acceptors (Lipinski definition) is 4. The molecule has 1 aromatic rings. The molecular weight excluding hydrogens is 250 g/mol. The fourth-order valence-corrected chi connectivity index (χ4v) is 3.50. The second kappa shape index (κ2) is 5.06. The molecule has 18 heavy (non-hydrogen) atoms. The van der Waals surface area contributed by atoms with Crippen LogP contribution in [-0.4, -0.2) is 31.9 Å². The first kappa shape index (κ1) is 13.0. The molecule has 0 aromatic heterocycles. The van der Waals surface area contributed by atoms with Crippen molar-refractivity contribution in [2.45, 2.75) is 23.8 Å². The van der Waals surface area contributed by atoms with Crippen LogP contribution in [0, 0.1) is 11.3 Å². The van der Waals surface area contributed by atoms with Crippen LogP contribution in [-0.2, 0) is 16.4 Å². The molecule has 0 aliphatic carbocycles. The third-order valence-electron chi connectivity index (χ3n) is 3.03. The van der Waals surface area contributed by atoms with Gasteiger partial charge in [0.15, 0.2) is 0 Å². The average Bonchev–Trinajstić information content (AvgIpc) is 2.78. The van der Waals surface area contributed by atoms with Gasteiger partial charge < -0.3 is 5.73 Å². The van der Waals surface area contributed by atoms with E-state index in [1.54, 1.807) is 24.3 Å². The quantitative estimate of drug-likeness (QED) is 0.860.